The molecule has 0 bridgehead atoms. The predicted molar refractivity (Wildman–Crippen MR) is 76.2 cm³/mol. The van der Waals surface area contributed by atoms with Crippen LogP contribution in [-0.4, -0.2) is 47.8 Å². The quantitative estimate of drug-likeness (QED) is 0.828. The lowest BCUT2D eigenvalue weighted by Crippen LogP contribution is -2.52. The molecule has 1 saturated heterocycles. The summed E-state index contributed by atoms with van der Waals surface area (Å²) in [5, 5.41) is 0. The zero-order chi connectivity index (χ0) is 14.1. The van der Waals surface area contributed by atoms with Crippen molar-refractivity contribution >= 4 is 27.7 Å². The predicted octanol–water partition coefficient (Wildman–Crippen LogP) is 2.13. The van der Waals surface area contributed by atoms with Crippen molar-refractivity contribution in [3.63, 3.8) is 0 Å². The van der Waals surface area contributed by atoms with Gasteiger partial charge in [0.15, 0.2) is 10.4 Å². The van der Waals surface area contributed by atoms with Gasteiger partial charge in [0.2, 0.25) is 5.91 Å². The first-order chi connectivity index (χ1) is 9.65. The van der Waals surface area contributed by atoms with Crippen LogP contribution in [0.4, 0.5) is 0 Å². The van der Waals surface area contributed by atoms with Crippen molar-refractivity contribution in [1.82, 2.24) is 9.80 Å². The van der Waals surface area contributed by atoms with Gasteiger partial charge in [0.05, 0.1) is 0 Å². The molecule has 0 unspecified atom stereocenters. The van der Waals surface area contributed by atoms with E-state index in [0.717, 1.165) is 12.8 Å². The number of hydrogen-bond donors (Lipinski definition) is 0. The van der Waals surface area contributed by atoms with Gasteiger partial charge in [-0.1, -0.05) is 6.42 Å². The molecule has 2 heterocycles. The van der Waals surface area contributed by atoms with E-state index in [1.54, 1.807) is 17.0 Å². The van der Waals surface area contributed by atoms with E-state index >= 15 is 0 Å². The van der Waals surface area contributed by atoms with E-state index in [4.69, 9.17) is 4.42 Å². The molecular weight excluding hydrogens is 324 g/mol. The van der Waals surface area contributed by atoms with Crippen LogP contribution in [0.5, 0.6) is 0 Å². The highest BCUT2D eigenvalue weighted by Crippen LogP contribution is 2.28. The van der Waals surface area contributed by atoms with Gasteiger partial charge in [0.1, 0.15) is 0 Å². The summed E-state index contributed by atoms with van der Waals surface area (Å²) in [6.07, 6.45) is 3.22. The first-order valence-corrected chi connectivity index (χ1v) is 7.78. The molecule has 108 valence electrons. The Morgan fingerprint density at radius 3 is 2.25 bits per heavy atom. The minimum Gasteiger partial charge on any atom is -0.444 e. The zero-order valence-corrected chi connectivity index (χ0v) is 12.8. The summed E-state index contributed by atoms with van der Waals surface area (Å²) in [6.45, 7) is 2.41. The molecule has 0 aromatic carbocycles. The van der Waals surface area contributed by atoms with Crippen molar-refractivity contribution in [3.05, 3.63) is 22.6 Å². The number of carbonyl (C=O) groups is 2. The van der Waals surface area contributed by atoms with Crippen LogP contribution in [0.25, 0.3) is 0 Å². The fourth-order valence-electron chi connectivity index (χ4n) is 2.63. The average molecular weight is 341 g/mol. The van der Waals surface area contributed by atoms with Crippen molar-refractivity contribution < 1.29 is 14.0 Å². The van der Waals surface area contributed by atoms with Gasteiger partial charge >= 0.3 is 0 Å². The third-order valence-electron chi connectivity index (χ3n) is 4.12. The van der Waals surface area contributed by atoms with E-state index in [2.05, 4.69) is 15.9 Å². The highest BCUT2D eigenvalue weighted by atomic mass is 79.9. The first kappa shape index (κ1) is 13.7. The van der Waals surface area contributed by atoms with Crippen LogP contribution in [0.15, 0.2) is 21.2 Å². The zero-order valence-electron chi connectivity index (χ0n) is 11.2. The van der Waals surface area contributed by atoms with Gasteiger partial charge in [-0.3, -0.25) is 9.59 Å². The Kier molecular flexibility index (Phi) is 3.83. The summed E-state index contributed by atoms with van der Waals surface area (Å²) in [5.41, 5.74) is 0. The smallest absolute Gasteiger partial charge is 0.289 e. The summed E-state index contributed by atoms with van der Waals surface area (Å²) < 4.78 is 5.84. The van der Waals surface area contributed by atoms with E-state index in [9.17, 15) is 9.59 Å². The minimum atomic E-state index is -0.105. The van der Waals surface area contributed by atoms with E-state index in [-0.39, 0.29) is 17.7 Å². The van der Waals surface area contributed by atoms with Crippen LogP contribution in [0.3, 0.4) is 0 Å². The van der Waals surface area contributed by atoms with Crippen molar-refractivity contribution in [1.29, 1.82) is 0 Å². The lowest BCUT2D eigenvalue weighted by Gasteiger charge is -2.37. The van der Waals surface area contributed by atoms with Crippen LogP contribution in [0.2, 0.25) is 0 Å². The molecule has 1 saturated carbocycles. The number of rotatable bonds is 2. The van der Waals surface area contributed by atoms with Crippen LogP contribution in [0, 0.1) is 5.92 Å². The molecule has 1 aliphatic carbocycles. The molecular formula is C14H17BrN2O3. The molecule has 0 radical (unpaired) electrons. The van der Waals surface area contributed by atoms with Gasteiger partial charge < -0.3 is 14.2 Å². The third-order valence-corrected chi connectivity index (χ3v) is 4.54. The van der Waals surface area contributed by atoms with E-state index in [0.29, 0.717) is 36.6 Å². The number of amides is 2. The Morgan fingerprint density at radius 1 is 1.10 bits per heavy atom. The second kappa shape index (κ2) is 5.60. The molecule has 0 spiro atoms. The summed E-state index contributed by atoms with van der Waals surface area (Å²) in [4.78, 5) is 28.0. The normalized spacial score (nSPS) is 19.9. The monoisotopic (exact) mass is 340 g/mol. The minimum absolute atomic E-state index is 0.105. The number of carbonyl (C=O) groups excluding carboxylic acids is 2. The van der Waals surface area contributed by atoms with E-state index in [1.165, 1.54) is 6.42 Å². The Morgan fingerprint density at radius 2 is 1.75 bits per heavy atom. The van der Waals surface area contributed by atoms with Gasteiger partial charge in [-0.2, -0.15) is 0 Å². The number of piperazine rings is 1. The van der Waals surface area contributed by atoms with Gasteiger partial charge in [-0.05, 0) is 40.9 Å². The second-order valence-electron chi connectivity index (χ2n) is 5.35. The average Bonchev–Trinajstić information content (AvgIpc) is 2.83. The van der Waals surface area contributed by atoms with Gasteiger partial charge in [-0.15, -0.1) is 0 Å². The molecule has 0 atom stereocenters. The molecule has 3 rings (SSSR count). The highest BCUT2D eigenvalue weighted by molar-refractivity contribution is 9.10. The summed E-state index contributed by atoms with van der Waals surface area (Å²) in [7, 11) is 0. The highest BCUT2D eigenvalue weighted by Gasteiger charge is 2.32. The first-order valence-electron chi connectivity index (χ1n) is 6.98. The molecule has 2 aliphatic rings. The van der Waals surface area contributed by atoms with Crippen LogP contribution < -0.4 is 0 Å². The molecule has 1 aromatic rings. The van der Waals surface area contributed by atoms with Gasteiger partial charge in [0.25, 0.3) is 5.91 Å². The molecule has 2 fully saturated rings. The van der Waals surface area contributed by atoms with Gasteiger partial charge in [-0.25, -0.2) is 0 Å². The lowest BCUT2D eigenvalue weighted by atomic mass is 9.84. The molecule has 5 nitrogen and oxygen atoms in total. The summed E-state index contributed by atoms with van der Waals surface area (Å²) in [6, 6.07) is 3.38. The third kappa shape index (κ3) is 2.61. The summed E-state index contributed by atoms with van der Waals surface area (Å²) >= 11 is 3.19. The van der Waals surface area contributed by atoms with Crippen molar-refractivity contribution in [2.75, 3.05) is 26.2 Å². The van der Waals surface area contributed by atoms with Crippen molar-refractivity contribution in [2.24, 2.45) is 5.92 Å². The lowest BCUT2D eigenvalue weighted by molar-refractivity contribution is -0.139. The van der Waals surface area contributed by atoms with Crippen molar-refractivity contribution in [3.8, 4) is 0 Å². The molecule has 20 heavy (non-hydrogen) atoms. The fourth-order valence-corrected chi connectivity index (χ4v) is 2.93. The maximum absolute atomic E-state index is 12.2. The Hall–Kier alpha value is -1.30. The van der Waals surface area contributed by atoms with Gasteiger partial charge in [0, 0.05) is 32.1 Å². The van der Waals surface area contributed by atoms with E-state index < -0.39 is 0 Å². The Balaban J connectivity index is 1.55. The standard InChI is InChI=1S/C14H17BrN2O3/c15-12-5-4-11(20-12)14(19)17-8-6-16(7-9-17)13(18)10-2-1-3-10/h4-5,10H,1-3,6-9H2. The van der Waals surface area contributed by atoms with Crippen LogP contribution >= 0.6 is 15.9 Å². The Labute approximate surface area is 126 Å². The van der Waals surface area contributed by atoms with E-state index in [1.807, 2.05) is 4.90 Å². The largest absolute Gasteiger partial charge is 0.444 e. The summed E-state index contributed by atoms with van der Waals surface area (Å²) in [5.74, 6) is 0.740. The van der Waals surface area contributed by atoms with Crippen LogP contribution in [-0.2, 0) is 4.79 Å². The Bertz CT molecular complexity index is 516. The molecule has 2 amide bonds. The number of halogens is 1. The number of furan rings is 1. The maximum atomic E-state index is 12.2. The fraction of sp³-hybridized carbons (Fsp3) is 0.571. The maximum Gasteiger partial charge on any atom is 0.289 e. The van der Waals surface area contributed by atoms with Crippen molar-refractivity contribution in [2.45, 2.75) is 19.3 Å². The molecule has 0 N–H and O–H groups in total. The second-order valence-corrected chi connectivity index (χ2v) is 6.13. The topological polar surface area (TPSA) is 53.8 Å². The molecule has 1 aromatic heterocycles. The molecule has 6 heteroatoms. The molecule has 1 aliphatic heterocycles. The van der Waals surface area contributed by atoms with Crippen LogP contribution in [0.1, 0.15) is 29.8 Å². The number of hydrogen-bond acceptors (Lipinski definition) is 3. The number of nitrogens with zero attached hydrogens (tertiary/aromatic N) is 2. The SMILES string of the molecule is O=C(c1ccc(Br)o1)N1CCN(C(=O)C2CCC2)CC1.